The van der Waals surface area contributed by atoms with Crippen LogP contribution in [0.3, 0.4) is 0 Å². The number of alkyl halides is 1. The third kappa shape index (κ3) is 5.97. The van der Waals surface area contributed by atoms with Crippen molar-refractivity contribution in [2.24, 2.45) is 0 Å². The molecule has 0 fully saturated rings. The van der Waals surface area contributed by atoms with Crippen molar-refractivity contribution in [2.75, 3.05) is 6.54 Å². The van der Waals surface area contributed by atoms with Crippen LogP contribution in [0.4, 0.5) is 0 Å². The van der Waals surface area contributed by atoms with Gasteiger partial charge < -0.3 is 10.1 Å². The Balaban J connectivity index is 2.56. The summed E-state index contributed by atoms with van der Waals surface area (Å²) in [5.41, 5.74) is 0.596. The first-order valence-electron chi connectivity index (χ1n) is 6.72. The van der Waals surface area contributed by atoms with Crippen molar-refractivity contribution in [1.82, 2.24) is 5.32 Å². The molecule has 0 aliphatic carbocycles. The van der Waals surface area contributed by atoms with E-state index in [9.17, 15) is 4.79 Å². The van der Waals surface area contributed by atoms with Gasteiger partial charge in [-0.2, -0.15) is 0 Å². The van der Waals surface area contributed by atoms with Crippen molar-refractivity contribution in [3.05, 3.63) is 29.8 Å². The summed E-state index contributed by atoms with van der Waals surface area (Å²) in [4.78, 5) is 12.0. The van der Waals surface area contributed by atoms with E-state index in [0.717, 1.165) is 12.8 Å². The van der Waals surface area contributed by atoms with Crippen LogP contribution in [0.1, 0.15) is 44.0 Å². The van der Waals surface area contributed by atoms with Gasteiger partial charge in [0.15, 0.2) is 0 Å². The zero-order valence-corrected chi connectivity index (χ0v) is 12.5. The summed E-state index contributed by atoms with van der Waals surface area (Å²) in [6, 6.07) is 7.18. The number of carbonyl (C=O) groups is 1. The molecule has 4 heteroatoms. The van der Waals surface area contributed by atoms with E-state index in [4.69, 9.17) is 16.3 Å². The summed E-state index contributed by atoms with van der Waals surface area (Å²) in [5.74, 6) is 0.592. The predicted octanol–water partition coefficient (Wildman–Crippen LogP) is 3.61. The number of ether oxygens (including phenoxy) is 1. The van der Waals surface area contributed by atoms with E-state index in [1.807, 2.05) is 26.0 Å². The van der Waals surface area contributed by atoms with Crippen molar-refractivity contribution in [2.45, 2.75) is 45.1 Å². The average Bonchev–Trinajstić information content (AvgIpc) is 2.36. The van der Waals surface area contributed by atoms with Crippen LogP contribution < -0.4 is 10.1 Å². The predicted molar refractivity (Wildman–Crippen MR) is 79.1 cm³/mol. The molecule has 0 aliphatic heterocycles. The molecular weight excluding hydrogens is 262 g/mol. The maximum absolute atomic E-state index is 12.0. The van der Waals surface area contributed by atoms with Gasteiger partial charge in [0, 0.05) is 12.1 Å². The highest BCUT2D eigenvalue weighted by Crippen LogP contribution is 2.15. The minimum Gasteiger partial charge on any atom is -0.491 e. The molecule has 0 saturated carbocycles. The molecule has 0 radical (unpaired) electrons. The monoisotopic (exact) mass is 283 g/mol. The van der Waals surface area contributed by atoms with E-state index < -0.39 is 0 Å². The Hall–Kier alpha value is -1.22. The van der Waals surface area contributed by atoms with Crippen molar-refractivity contribution < 1.29 is 9.53 Å². The maximum Gasteiger partial charge on any atom is 0.251 e. The number of benzene rings is 1. The topological polar surface area (TPSA) is 38.3 Å². The van der Waals surface area contributed by atoms with E-state index in [1.165, 1.54) is 0 Å². The molecule has 1 N–H and O–H groups in total. The Kier molecular flexibility index (Phi) is 6.71. The van der Waals surface area contributed by atoms with Gasteiger partial charge in [-0.3, -0.25) is 4.79 Å². The van der Waals surface area contributed by atoms with Gasteiger partial charge in [-0.15, -0.1) is 11.6 Å². The van der Waals surface area contributed by atoms with Gasteiger partial charge in [0.2, 0.25) is 0 Å². The molecular formula is C15H22ClNO2. The highest BCUT2D eigenvalue weighted by molar-refractivity contribution is 6.20. The fourth-order valence-corrected chi connectivity index (χ4v) is 2.00. The van der Waals surface area contributed by atoms with Crippen LogP contribution in [0, 0.1) is 0 Å². The minimum absolute atomic E-state index is 0.0101. The summed E-state index contributed by atoms with van der Waals surface area (Å²) in [6.45, 7) is 6.47. The van der Waals surface area contributed by atoms with E-state index in [2.05, 4.69) is 12.2 Å². The van der Waals surface area contributed by atoms with Gasteiger partial charge >= 0.3 is 0 Å². The van der Waals surface area contributed by atoms with Crippen LogP contribution in [-0.4, -0.2) is 23.9 Å². The van der Waals surface area contributed by atoms with E-state index in [1.54, 1.807) is 12.1 Å². The van der Waals surface area contributed by atoms with E-state index >= 15 is 0 Å². The lowest BCUT2D eigenvalue weighted by atomic mass is 10.2. The first kappa shape index (κ1) is 15.8. The number of hydrogen-bond acceptors (Lipinski definition) is 2. The fraction of sp³-hybridized carbons (Fsp3) is 0.533. The van der Waals surface area contributed by atoms with Crippen LogP contribution in [0.5, 0.6) is 5.75 Å². The lowest BCUT2D eigenvalue weighted by molar-refractivity contribution is 0.0952. The second-order valence-corrected chi connectivity index (χ2v) is 5.41. The molecule has 0 bridgehead atoms. The summed E-state index contributed by atoms with van der Waals surface area (Å²) in [5, 5.41) is 2.83. The van der Waals surface area contributed by atoms with Crippen LogP contribution >= 0.6 is 11.6 Å². The summed E-state index contributed by atoms with van der Waals surface area (Å²) >= 11 is 6.07. The molecule has 1 aromatic carbocycles. The molecule has 0 saturated heterocycles. The van der Waals surface area contributed by atoms with Crippen LogP contribution in [0.2, 0.25) is 0 Å². The largest absolute Gasteiger partial charge is 0.491 e. The van der Waals surface area contributed by atoms with Crippen LogP contribution in [0.15, 0.2) is 24.3 Å². The normalized spacial score (nSPS) is 12.3. The molecule has 1 aromatic rings. The molecule has 0 heterocycles. The second kappa shape index (κ2) is 8.05. The number of halogens is 1. The Bertz CT molecular complexity index is 407. The van der Waals surface area contributed by atoms with E-state index in [0.29, 0.717) is 17.9 Å². The average molecular weight is 284 g/mol. The first-order valence-corrected chi connectivity index (χ1v) is 7.15. The number of rotatable bonds is 7. The Labute approximate surface area is 120 Å². The van der Waals surface area contributed by atoms with Crippen molar-refractivity contribution in [3.63, 3.8) is 0 Å². The highest BCUT2D eigenvalue weighted by Gasteiger charge is 2.09. The van der Waals surface area contributed by atoms with Gasteiger partial charge in [-0.05, 0) is 38.5 Å². The van der Waals surface area contributed by atoms with Gasteiger partial charge in [0.1, 0.15) is 5.75 Å². The van der Waals surface area contributed by atoms with Crippen molar-refractivity contribution >= 4 is 17.5 Å². The van der Waals surface area contributed by atoms with Gasteiger partial charge in [0.05, 0.1) is 11.5 Å². The van der Waals surface area contributed by atoms with Crippen molar-refractivity contribution in [1.29, 1.82) is 0 Å². The molecule has 19 heavy (non-hydrogen) atoms. The molecule has 3 nitrogen and oxygen atoms in total. The second-order valence-electron chi connectivity index (χ2n) is 4.79. The van der Waals surface area contributed by atoms with Gasteiger partial charge in [-0.1, -0.05) is 19.4 Å². The first-order chi connectivity index (χ1) is 9.02. The molecule has 0 aliphatic rings. The number of amides is 1. The summed E-state index contributed by atoms with van der Waals surface area (Å²) in [6.07, 6.45) is 2.01. The quantitative estimate of drug-likeness (QED) is 0.776. The summed E-state index contributed by atoms with van der Waals surface area (Å²) < 4.78 is 5.56. The molecule has 1 amide bonds. The molecule has 1 unspecified atom stereocenters. The number of hydrogen-bond donors (Lipinski definition) is 1. The van der Waals surface area contributed by atoms with Crippen molar-refractivity contribution in [3.8, 4) is 5.75 Å². The minimum atomic E-state index is -0.115. The third-order valence-electron chi connectivity index (χ3n) is 2.55. The highest BCUT2D eigenvalue weighted by atomic mass is 35.5. The Morgan fingerprint density at radius 1 is 1.42 bits per heavy atom. The summed E-state index contributed by atoms with van der Waals surface area (Å²) in [7, 11) is 0. The maximum atomic E-state index is 12.0. The molecule has 1 rings (SSSR count). The van der Waals surface area contributed by atoms with E-state index in [-0.39, 0.29) is 17.4 Å². The van der Waals surface area contributed by atoms with Crippen LogP contribution in [0.25, 0.3) is 0 Å². The van der Waals surface area contributed by atoms with Crippen LogP contribution in [-0.2, 0) is 0 Å². The lowest BCUT2D eigenvalue weighted by Gasteiger charge is -2.12. The standard InChI is InChI=1S/C15H22ClNO2/c1-4-6-13(16)10-17-15(18)12-7-5-8-14(9-12)19-11(2)3/h5,7-9,11,13H,4,6,10H2,1-3H3,(H,17,18). The molecule has 0 spiro atoms. The Morgan fingerprint density at radius 2 is 2.16 bits per heavy atom. The number of nitrogens with one attached hydrogen (secondary N) is 1. The molecule has 1 atom stereocenters. The third-order valence-corrected chi connectivity index (χ3v) is 2.93. The number of carbonyl (C=O) groups excluding carboxylic acids is 1. The lowest BCUT2D eigenvalue weighted by Crippen LogP contribution is -2.29. The smallest absolute Gasteiger partial charge is 0.251 e. The Morgan fingerprint density at radius 3 is 2.79 bits per heavy atom. The van der Waals surface area contributed by atoms with Gasteiger partial charge in [-0.25, -0.2) is 0 Å². The fourth-order valence-electron chi connectivity index (χ4n) is 1.70. The SMILES string of the molecule is CCCC(Cl)CNC(=O)c1cccc(OC(C)C)c1. The zero-order chi connectivity index (χ0) is 14.3. The molecule has 106 valence electrons. The zero-order valence-electron chi connectivity index (χ0n) is 11.8. The molecule has 0 aromatic heterocycles. The van der Waals surface area contributed by atoms with Gasteiger partial charge in [0.25, 0.3) is 5.91 Å².